The highest BCUT2D eigenvalue weighted by Crippen LogP contribution is 2.36. The molecule has 0 aromatic heterocycles. The van der Waals surface area contributed by atoms with Crippen LogP contribution in [0.1, 0.15) is 44.6 Å². The van der Waals surface area contributed by atoms with Gasteiger partial charge < -0.3 is 9.84 Å². The molecular weight excluding hydrogens is 396 g/mol. The summed E-state index contributed by atoms with van der Waals surface area (Å²) in [7, 11) is 0. The van der Waals surface area contributed by atoms with Gasteiger partial charge in [0.15, 0.2) is 0 Å². The number of aliphatic hydroxyl groups excluding tert-OH is 1. The van der Waals surface area contributed by atoms with Gasteiger partial charge in [0, 0.05) is 10.0 Å². The Hall–Kier alpha value is -0.320. The molecule has 116 valence electrons. The maximum absolute atomic E-state index is 9.77. The monoisotopic (exact) mass is 416 g/mol. The Morgan fingerprint density at radius 1 is 1.29 bits per heavy atom. The van der Waals surface area contributed by atoms with Crippen LogP contribution in [0.2, 0.25) is 0 Å². The van der Waals surface area contributed by atoms with Crippen LogP contribution in [0.25, 0.3) is 6.08 Å². The van der Waals surface area contributed by atoms with Crippen LogP contribution in [0.15, 0.2) is 26.7 Å². The van der Waals surface area contributed by atoms with Crippen LogP contribution < -0.4 is 4.74 Å². The van der Waals surface area contributed by atoms with Gasteiger partial charge >= 0.3 is 0 Å². The van der Waals surface area contributed by atoms with Crippen molar-refractivity contribution >= 4 is 37.9 Å². The van der Waals surface area contributed by atoms with E-state index >= 15 is 0 Å². The predicted octanol–water partition coefficient (Wildman–Crippen LogP) is 5.57. The molecule has 4 heteroatoms. The van der Waals surface area contributed by atoms with E-state index in [0.29, 0.717) is 12.5 Å². The summed E-state index contributed by atoms with van der Waals surface area (Å²) in [5, 5.41) is 9.77. The molecule has 0 heterocycles. The van der Waals surface area contributed by atoms with E-state index in [9.17, 15) is 5.11 Å². The van der Waals surface area contributed by atoms with E-state index in [4.69, 9.17) is 4.74 Å². The van der Waals surface area contributed by atoms with Crippen LogP contribution in [0.5, 0.6) is 5.75 Å². The summed E-state index contributed by atoms with van der Waals surface area (Å²) < 4.78 is 7.70. The summed E-state index contributed by atoms with van der Waals surface area (Å²) in [6.07, 6.45) is 8.33. The zero-order valence-electron chi connectivity index (χ0n) is 12.4. The first kappa shape index (κ1) is 17.0. The Kier molecular flexibility index (Phi) is 6.77. The van der Waals surface area contributed by atoms with Gasteiger partial charge in [0.2, 0.25) is 0 Å². The lowest BCUT2D eigenvalue weighted by molar-refractivity contribution is 0.295. The third-order valence-corrected chi connectivity index (χ3v) is 5.03. The van der Waals surface area contributed by atoms with Crippen LogP contribution in [0.3, 0.4) is 0 Å². The molecule has 1 aliphatic rings. The molecule has 2 rings (SSSR count). The fourth-order valence-corrected chi connectivity index (χ4v) is 4.32. The Morgan fingerprint density at radius 3 is 2.62 bits per heavy atom. The molecule has 0 radical (unpaired) electrons. The maximum atomic E-state index is 9.77. The zero-order chi connectivity index (χ0) is 15.2. The Balaban J connectivity index is 2.35. The predicted molar refractivity (Wildman–Crippen MR) is 94.6 cm³/mol. The van der Waals surface area contributed by atoms with Crippen molar-refractivity contribution in [1.82, 2.24) is 0 Å². The number of ether oxygens (including phenoxy) is 1. The minimum Gasteiger partial charge on any atom is -0.492 e. The quantitative estimate of drug-likeness (QED) is 0.678. The van der Waals surface area contributed by atoms with Crippen LogP contribution in [0.4, 0.5) is 0 Å². The Morgan fingerprint density at radius 2 is 2.00 bits per heavy atom. The van der Waals surface area contributed by atoms with Gasteiger partial charge in [-0.15, -0.1) is 0 Å². The zero-order valence-corrected chi connectivity index (χ0v) is 15.5. The van der Waals surface area contributed by atoms with E-state index in [0.717, 1.165) is 25.8 Å². The van der Waals surface area contributed by atoms with Gasteiger partial charge in [0.25, 0.3) is 0 Å². The largest absolute Gasteiger partial charge is 0.492 e. The van der Waals surface area contributed by atoms with Gasteiger partial charge in [0.05, 0.1) is 17.7 Å². The SMILES string of the molecule is CCOc1c(Br)cc(Br)cc1/C=C(/CO)C1CCCCC1. The molecule has 0 unspecified atom stereocenters. The molecule has 1 N–H and O–H groups in total. The molecule has 1 aromatic carbocycles. The molecule has 1 saturated carbocycles. The number of halogens is 2. The average Bonchev–Trinajstić information content (AvgIpc) is 2.49. The number of benzene rings is 1. The van der Waals surface area contributed by atoms with Crippen molar-refractivity contribution < 1.29 is 9.84 Å². The second-order valence-electron chi connectivity index (χ2n) is 5.45. The average molecular weight is 418 g/mol. The van der Waals surface area contributed by atoms with Gasteiger partial charge in [-0.3, -0.25) is 0 Å². The summed E-state index contributed by atoms with van der Waals surface area (Å²) in [5.74, 6) is 1.36. The molecule has 0 amide bonds. The van der Waals surface area contributed by atoms with E-state index in [1.54, 1.807) is 0 Å². The molecule has 0 atom stereocenters. The lowest BCUT2D eigenvalue weighted by Crippen LogP contribution is -2.12. The van der Waals surface area contributed by atoms with Gasteiger partial charge in [-0.25, -0.2) is 0 Å². The first-order valence-electron chi connectivity index (χ1n) is 7.58. The molecule has 0 aliphatic heterocycles. The molecule has 0 saturated heterocycles. The smallest absolute Gasteiger partial charge is 0.140 e. The highest BCUT2D eigenvalue weighted by Gasteiger charge is 2.18. The maximum Gasteiger partial charge on any atom is 0.140 e. The topological polar surface area (TPSA) is 29.5 Å². The summed E-state index contributed by atoms with van der Waals surface area (Å²) in [4.78, 5) is 0. The molecule has 1 aliphatic carbocycles. The van der Waals surface area contributed by atoms with E-state index < -0.39 is 0 Å². The van der Waals surface area contributed by atoms with Crippen molar-refractivity contribution in [2.75, 3.05) is 13.2 Å². The van der Waals surface area contributed by atoms with E-state index in [1.807, 2.05) is 19.1 Å². The van der Waals surface area contributed by atoms with Gasteiger partial charge in [0.1, 0.15) is 5.75 Å². The normalized spacial score (nSPS) is 17.0. The molecule has 1 aromatic rings. The van der Waals surface area contributed by atoms with Gasteiger partial charge in [-0.2, -0.15) is 0 Å². The number of aliphatic hydroxyl groups is 1. The second kappa shape index (κ2) is 8.35. The minimum absolute atomic E-state index is 0.125. The summed E-state index contributed by atoms with van der Waals surface area (Å²) in [5.41, 5.74) is 2.15. The minimum atomic E-state index is 0.125. The lowest BCUT2D eigenvalue weighted by atomic mass is 9.83. The summed E-state index contributed by atoms with van der Waals surface area (Å²) in [6.45, 7) is 2.73. The number of hydrogen-bond acceptors (Lipinski definition) is 2. The lowest BCUT2D eigenvalue weighted by Gasteiger charge is -2.24. The van der Waals surface area contributed by atoms with Gasteiger partial charge in [-0.1, -0.05) is 35.2 Å². The Labute approximate surface area is 143 Å². The highest BCUT2D eigenvalue weighted by atomic mass is 79.9. The number of rotatable bonds is 5. The summed E-state index contributed by atoms with van der Waals surface area (Å²) >= 11 is 7.09. The summed E-state index contributed by atoms with van der Waals surface area (Å²) in [6, 6.07) is 4.04. The van der Waals surface area contributed by atoms with E-state index in [2.05, 4.69) is 37.9 Å². The van der Waals surface area contributed by atoms with Crippen molar-refractivity contribution in [1.29, 1.82) is 0 Å². The standard InChI is InChI=1S/C17H22Br2O2/c1-2-21-17-13(9-15(18)10-16(17)19)8-14(11-20)12-6-4-3-5-7-12/h8-10,12,20H,2-7,11H2,1H3/b14-8-. The van der Waals surface area contributed by atoms with Crippen molar-refractivity contribution in [2.24, 2.45) is 5.92 Å². The molecule has 0 bridgehead atoms. The van der Waals surface area contributed by atoms with E-state index in [1.165, 1.54) is 32.1 Å². The molecule has 2 nitrogen and oxygen atoms in total. The van der Waals surface area contributed by atoms with Crippen LogP contribution in [-0.4, -0.2) is 18.3 Å². The van der Waals surface area contributed by atoms with Crippen LogP contribution in [-0.2, 0) is 0 Å². The molecule has 0 spiro atoms. The third-order valence-electron chi connectivity index (χ3n) is 3.98. The van der Waals surface area contributed by atoms with Crippen LogP contribution >= 0.6 is 31.9 Å². The van der Waals surface area contributed by atoms with Crippen molar-refractivity contribution in [3.05, 3.63) is 32.2 Å². The van der Waals surface area contributed by atoms with Crippen molar-refractivity contribution in [3.8, 4) is 5.75 Å². The molecule has 21 heavy (non-hydrogen) atoms. The van der Waals surface area contributed by atoms with E-state index in [-0.39, 0.29) is 6.61 Å². The highest BCUT2D eigenvalue weighted by molar-refractivity contribution is 9.11. The van der Waals surface area contributed by atoms with Crippen LogP contribution in [0, 0.1) is 5.92 Å². The number of hydrogen-bond donors (Lipinski definition) is 1. The second-order valence-corrected chi connectivity index (χ2v) is 7.22. The third kappa shape index (κ3) is 4.57. The first-order valence-corrected chi connectivity index (χ1v) is 9.17. The van der Waals surface area contributed by atoms with Crippen molar-refractivity contribution in [3.63, 3.8) is 0 Å². The first-order chi connectivity index (χ1) is 10.2. The Bertz CT molecular complexity index is 506. The fourth-order valence-electron chi connectivity index (χ4n) is 2.95. The van der Waals surface area contributed by atoms with Crippen molar-refractivity contribution in [2.45, 2.75) is 39.0 Å². The molecular formula is C17H22Br2O2. The molecule has 1 fully saturated rings. The fraction of sp³-hybridized carbons (Fsp3) is 0.529. The van der Waals surface area contributed by atoms with Gasteiger partial charge in [-0.05, 0) is 65.4 Å².